The summed E-state index contributed by atoms with van der Waals surface area (Å²) in [5.74, 6) is 0. The van der Waals surface area contributed by atoms with E-state index < -0.39 is 0 Å². The van der Waals surface area contributed by atoms with Crippen LogP contribution in [0.15, 0.2) is 29.9 Å². The SMILES string of the molecule is C=CN=C(/C=C\C)CN. The minimum atomic E-state index is 0.469. The minimum Gasteiger partial charge on any atom is -0.325 e. The van der Waals surface area contributed by atoms with Crippen LogP contribution in [-0.2, 0) is 0 Å². The Morgan fingerprint density at radius 1 is 1.78 bits per heavy atom. The molecule has 0 aromatic rings. The number of hydrogen-bond acceptors (Lipinski definition) is 2. The van der Waals surface area contributed by atoms with Gasteiger partial charge in [0.25, 0.3) is 0 Å². The summed E-state index contributed by atoms with van der Waals surface area (Å²) in [5.41, 5.74) is 6.17. The van der Waals surface area contributed by atoms with Gasteiger partial charge in [-0.2, -0.15) is 0 Å². The fourth-order valence-electron chi connectivity index (χ4n) is 0.473. The fraction of sp³-hybridized carbons (Fsp3) is 0.286. The van der Waals surface area contributed by atoms with Crippen molar-refractivity contribution in [2.24, 2.45) is 10.7 Å². The Morgan fingerprint density at radius 3 is 2.78 bits per heavy atom. The normalized spacial score (nSPS) is 12.4. The Bertz CT molecular complexity index is 134. The monoisotopic (exact) mass is 124 g/mol. The third kappa shape index (κ3) is 3.67. The molecule has 0 saturated carbocycles. The van der Waals surface area contributed by atoms with Crippen LogP contribution in [0.5, 0.6) is 0 Å². The van der Waals surface area contributed by atoms with Crippen LogP contribution in [0.2, 0.25) is 0 Å². The van der Waals surface area contributed by atoms with E-state index in [9.17, 15) is 0 Å². The molecule has 0 amide bonds. The molecule has 2 heteroatoms. The molecule has 0 unspecified atom stereocenters. The largest absolute Gasteiger partial charge is 0.325 e. The summed E-state index contributed by atoms with van der Waals surface area (Å²) in [6.07, 6.45) is 5.25. The van der Waals surface area contributed by atoms with Crippen molar-refractivity contribution in [3.05, 3.63) is 24.9 Å². The van der Waals surface area contributed by atoms with Gasteiger partial charge in [-0.15, -0.1) is 0 Å². The Balaban J connectivity index is 3.96. The number of hydrogen-bond donors (Lipinski definition) is 1. The van der Waals surface area contributed by atoms with Gasteiger partial charge in [0, 0.05) is 12.7 Å². The Labute approximate surface area is 55.8 Å². The maximum Gasteiger partial charge on any atom is 0.0535 e. The van der Waals surface area contributed by atoms with Crippen LogP contribution in [0, 0.1) is 0 Å². The lowest BCUT2D eigenvalue weighted by molar-refractivity contribution is 1.30. The molecule has 9 heavy (non-hydrogen) atoms. The molecule has 2 N–H and O–H groups in total. The van der Waals surface area contributed by atoms with E-state index in [0.717, 1.165) is 5.71 Å². The van der Waals surface area contributed by atoms with Gasteiger partial charge in [-0.05, 0) is 13.0 Å². The molecule has 0 saturated heterocycles. The van der Waals surface area contributed by atoms with Crippen LogP contribution >= 0.6 is 0 Å². The Morgan fingerprint density at radius 2 is 2.44 bits per heavy atom. The molecule has 0 radical (unpaired) electrons. The average molecular weight is 124 g/mol. The molecule has 0 aliphatic heterocycles. The summed E-state index contributed by atoms with van der Waals surface area (Å²) in [6, 6.07) is 0. The molecular weight excluding hydrogens is 112 g/mol. The lowest BCUT2D eigenvalue weighted by Gasteiger charge is -1.89. The first-order valence-corrected chi connectivity index (χ1v) is 2.85. The topological polar surface area (TPSA) is 38.4 Å². The summed E-state index contributed by atoms with van der Waals surface area (Å²) >= 11 is 0. The quantitative estimate of drug-likeness (QED) is 0.562. The van der Waals surface area contributed by atoms with Crippen molar-refractivity contribution in [3.63, 3.8) is 0 Å². The standard InChI is InChI=1S/C7H12N2/c1-3-5-7(6-8)9-4-2/h3-5H,2,6,8H2,1H3/b5-3-,9-7?. The van der Waals surface area contributed by atoms with Gasteiger partial charge in [0.15, 0.2) is 0 Å². The molecule has 50 valence electrons. The molecule has 0 heterocycles. The maximum absolute atomic E-state index is 5.32. The van der Waals surface area contributed by atoms with Crippen molar-refractivity contribution in [3.8, 4) is 0 Å². The van der Waals surface area contributed by atoms with Crippen LogP contribution in [-0.4, -0.2) is 12.3 Å². The van der Waals surface area contributed by atoms with Gasteiger partial charge in [-0.3, -0.25) is 4.99 Å². The van der Waals surface area contributed by atoms with E-state index >= 15 is 0 Å². The molecule has 0 aliphatic carbocycles. The van der Waals surface area contributed by atoms with Gasteiger partial charge in [0.1, 0.15) is 0 Å². The van der Waals surface area contributed by atoms with E-state index in [1.807, 2.05) is 19.1 Å². The number of nitrogens with zero attached hydrogens (tertiary/aromatic N) is 1. The first kappa shape index (κ1) is 8.11. The van der Waals surface area contributed by atoms with Gasteiger partial charge < -0.3 is 5.73 Å². The van der Waals surface area contributed by atoms with Crippen molar-refractivity contribution >= 4 is 5.71 Å². The maximum atomic E-state index is 5.32. The fourth-order valence-corrected chi connectivity index (χ4v) is 0.473. The van der Waals surface area contributed by atoms with Crippen LogP contribution in [0.25, 0.3) is 0 Å². The highest BCUT2D eigenvalue weighted by atomic mass is 14.7. The van der Waals surface area contributed by atoms with Gasteiger partial charge in [-0.1, -0.05) is 12.7 Å². The summed E-state index contributed by atoms with van der Waals surface area (Å²) < 4.78 is 0. The molecule has 0 bridgehead atoms. The van der Waals surface area contributed by atoms with Crippen LogP contribution in [0.3, 0.4) is 0 Å². The predicted molar refractivity (Wildman–Crippen MR) is 41.5 cm³/mol. The highest BCUT2D eigenvalue weighted by molar-refractivity contribution is 5.96. The van der Waals surface area contributed by atoms with E-state index in [4.69, 9.17) is 5.73 Å². The van der Waals surface area contributed by atoms with Crippen molar-refractivity contribution in [2.45, 2.75) is 6.92 Å². The van der Waals surface area contributed by atoms with Crippen LogP contribution < -0.4 is 5.73 Å². The first-order chi connectivity index (χ1) is 4.35. The van der Waals surface area contributed by atoms with E-state index in [0.29, 0.717) is 6.54 Å². The zero-order chi connectivity index (χ0) is 7.11. The molecular formula is C7H12N2. The lowest BCUT2D eigenvalue weighted by Crippen LogP contribution is -2.10. The highest BCUT2D eigenvalue weighted by Gasteiger charge is 1.83. The second-order valence-corrected chi connectivity index (χ2v) is 1.51. The third-order valence-electron chi connectivity index (χ3n) is 0.825. The molecule has 0 aliphatic rings. The summed E-state index contributed by atoms with van der Waals surface area (Å²) in [5, 5.41) is 0. The number of nitrogens with two attached hydrogens (primary N) is 1. The van der Waals surface area contributed by atoms with Crippen LogP contribution in [0.4, 0.5) is 0 Å². The molecule has 0 spiro atoms. The molecule has 0 aromatic heterocycles. The molecule has 0 atom stereocenters. The Hall–Kier alpha value is -0.890. The third-order valence-corrected chi connectivity index (χ3v) is 0.825. The first-order valence-electron chi connectivity index (χ1n) is 2.85. The second kappa shape index (κ2) is 5.25. The van der Waals surface area contributed by atoms with E-state index in [-0.39, 0.29) is 0 Å². The molecule has 0 fully saturated rings. The number of rotatable bonds is 3. The molecule has 0 rings (SSSR count). The number of aliphatic imine (C=N–C) groups is 1. The predicted octanol–water partition coefficient (Wildman–Crippen LogP) is 1.11. The minimum absolute atomic E-state index is 0.469. The molecule has 0 aromatic carbocycles. The summed E-state index contributed by atoms with van der Waals surface area (Å²) in [7, 11) is 0. The summed E-state index contributed by atoms with van der Waals surface area (Å²) in [4.78, 5) is 3.90. The lowest BCUT2D eigenvalue weighted by atomic mass is 10.3. The average Bonchev–Trinajstić information content (AvgIpc) is 1.88. The highest BCUT2D eigenvalue weighted by Crippen LogP contribution is 1.79. The second-order valence-electron chi connectivity index (χ2n) is 1.51. The number of allylic oxidation sites excluding steroid dienone is 1. The van der Waals surface area contributed by atoms with Crippen molar-refractivity contribution < 1.29 is 0 Å². The summed E-state index contributed by atoms with van der Waals surface area (Å²) in [6.45, 7) is 5.85. The smallest absolute Gasteiger partial charge is 0.0535 e. The van der Waals surface area contributed by atoms with Crippen LogP contribution in [0.1, 0.15) is 6.92 Å². The van der Waals surface area contributed by atoms with Crippen molar-refractivity contribution in [1.29, 1.82) is 0 Å². The van der Waals surface area contributed by atoms with Crippen molar-refractivity contribution in [1.82, 2.24) is 0 Å². The van der Waals surface area contributed by atoms with Crippen molar-refractivity contribution in [2.75, 3.05) is 6.54 Å². The van der Waals surface area contributed by atoms with E-state index in [1.54, 1.807) is 0 Å². The van der Waals surface area contributed by atoms with E-state index in [2.05, 4.69) is 11.6 Å². The van der Waals surface area contributed by atoms with Gasteiger partial charge >= 0.3 is 0 Å². The van der Waals surface area contributed by atoms with E-state index in [1.165, 1.54) is 6.20 Å². The van der Waals surface area contributed by atoms with Gasteiger partial charge in [0.05, 0.1) is 5.71 Å². The Kier molecular flexibility index (Phi) is 4.73. The van der Waals surface area contributed by atoms with Gasteiger partial charge in [0.2, 0.25) is 0 Å². The van der Waals surface area contributed by atoms with Gasteiger partial charge in [-0.25, -0.2) is 0 Å². The zero-order valence-electron chi connectivity index (χ0n) is 5.67. The molecule has 2 nitrogen and oxygen atoms in total. The zero-order valence-corrected chi connectivity index (χ0v) is 5.67.